The number of ether oxygens (including phenoxy) is 1. The highest BCUT2D eigenvalue weighted by Crippen LogP contribution is 2.27. The van der Waals surface area contributed by atoms with Crippen LogP contribution in [0.25, 0.3) is 0 Å². The third kappa shape index (κ3) is 5.35. The van der Waals surface area contributed by atoms with Crippen LogP contribution >= 0.6 is 11.6 Å². The summed E-state index contributed by atoms with van der Waals surface area (Å²) in [6.07, 6.45) is -1.28. The zero-order chi connectivity index (χ0) is 22.5. The lowest BCUT2D eigenvalue weighted by atomic mass is 10.2. The molecular weight excluding hydrogens is 435 g/mol. The molecule has 0 radical (unpaired) electrons. The van der Waals surface area contributed by atoms with E-state index in [1.54, 1.807) is 13.8 Å². The van der Waals surface area contributed by atoms with E-state index in [1.807, 2.05) is 0 Å². The number of nitrogens with zero attached hydrogens (tertiary/aromatic N) is 1. The van der Waals surface area contributed by atoms with Crippen LogP contribution in [0.1, 0.15) is 31.1 Å². The Morgan fingerprint density at radius 2 is 1.80 bits per heavy atom. The van der Waals surface area contributed by atoms with E-state index in [9.17, 15) is 22.4 Å². The standard InChI is InChI=1S/C20H22ClFN2O5S/c1-4-24(5-2)30(27,28)14-10-11-16(21)18(12-14)23-19(25)13(3)29-20(26)15-8-6-7-9-17(15)22/h6-13H,4-5H2,1-3H3,(H,23,25). The second-order valence-electron chi connectivity index (χ2n) is 6.25. The highest BCUT2D eigenvalue weighted by molar-refractivity contribution is 7.89. The van der Waals surface area contributed by atoms with Gasteiger partial charge in [-0.25, -0.2) is 17.6 Å². The fourth-order valence-corrected chi connectivity index (χ4v) is 4.26. The van der Waals surface area contributed by atoms with E-state index < -0.39 is 33.8 Å². The summed E-state index contributed by atoms with van der Waals surface area (Å²) in [4.78, 5) is 24.5. The van der Waals surface area contributed by atoms with Crippen molar-refractivity contribution >= 4 is 39.2 Å². The number of anilines is 1. The van der Waals surface area contributed by atoms with Gasteiger partial charge in [0.1, 0.15) is 5.82 Å². The molecule has 162 valence electrons. The maximum Gasteiger partial charge on any atom is 0.341 e. The van der Waals surface area contributed by atoms with Crippen LogP contribution in [0.15, 0.2) is 47.4 Å². The molecule has 0 heterocycles. The second kappa shape index (κ2) is 10.0. The Morgan fingerprint density at radius 1 is 1.17 bits per heavy atom. The average Bonchev–Trinajstić information content (AvgIpc) is 2.70. The predicted octanol–water partition coefficient (Wildman–Crippen LogP) is 3.69. The normalized spacial score (nSPS) is 12.5. The van der Waals surface area contributed by atoms with Crippen molar-refractivity contribution in [2.75, 3.05) is 18.4 Å². The molecule has 0 aliphatic carbocycles. The minimum Gasteiger partial charge on any atom is -0.449 e. The Kier molecular flexibility index (Phi) is 7.94. The predicted molar refractivity (Wildman–Crippen MR) is 111 cm³/mol. The lowest BCUT2D eigenvalue weighted by Crippen LogP contribution is -2.31. The maximum absolute atomic E-state index is 13.7. The number of hydrogen-bond donors (Lipinski definition) is 1. The molecule has 30 heavy (non-hydrogen) atoms. The summed E-state index contributed by atoms with van der Waals surface area (Å²) in [5.41, 5.74) is -0.258. The molecule has 0 bridgehead atoms. The number of nitrogens with one attached hydrogen (secondary N) is 1. The Bertz CT molecular complexity index is 1040. The monoisotopic (exact) mass is 456 g/mol. The van der Waals surface area contributed by atoms with Crippen LogP contribution in [0.2, 0.25) is 5.02 Å². The molecule has 0 aliphatic rings. The number of halogens is 2. The quantitative estimate of drug-likeness (QED) is 0.611. The number of benzene rings is 2. The summed E-state index contributed by atoms with van der Waals surface area (Å²) in [5, 5.41) is 2.55. The van der Waals surface area contributed by atoms with Gasteiger partial charge in [0.2, 0.25) is 10.0 Å². The first kappa shape index (κ1) is 23.8. The van der Waals surface area contributed by atoms with Gasteiger partial charge in [-0.15, -0.1) is 0 Å². The molecule has 2 rings (SSSR count). The van der Waals surface area contributed by atoms with Gasteiger partial charge in [0.25, 0.3) is 5.91 Å². The number of carbonyl (C=O) groups is 2. The Balaban J connectivity index is 2.18. The lowest BCUT2D eigenvalue weighted by molar-refractivity contribution is -0.123. The number of hydrogen-bond acceptors (Lipinski definition) is 5. The highest BCUT2D eigenvalue weighted by atomic mass is 35.5. The van der Waals surface area contributed by atoms with E-state index in [0.717, 1.165) is 6.07 Å². The molecule has 10 heteroatoms. The highest BCUT2D eigenvalue weighted by Gasteiger charge is 2.25. The molecule has 0 fully saturated rings. The number of amides is 1. The third-order valence-corrected chi connectivity index (χ3v) is 6.66. The van der Waals surface area contributed by atoms with E-state index in [2.05, 4.69) is 5.32 Å². The Labute approximate surface area is 179 Å². The summed E-state index contributed by atoms with van der Waals surface area (Å²) < 4.78 is 45.3. The van der Waals surface area contributed by atoms with Gasteiger partial charge in [-0.3, -0.25) is 4.79 Å². The lowest BCUT2D eigenvalue weighted by Gasteiger charge is -2.19. The van der Waals surface area contributed by atoms with Crippen LogP contribution in [-0.2, 0) is 19.6 Å². The van der Waals surface area contributed by atoms with Gasteiger partial charge in [0.15, 0.2) is 6.10 Å². The minimum atomic E-state index is -3.76. The zero-order valence-corrected chi connectivity index (χ0v) is 18.3. The van der Waals surface area contributed by atoms with E-state index in [4.69, 9.17) is 16.3 Å². The van der Waals surface area contributed by atoms with Gasteiger partial charge < -0.3 is 10.1 Å². The fraction of sp³-hybridized carbons (Fsp3) is 0.300. The molecule has 2 aromatic rings. The summed E-state index contributed by atoms with van der Waals surface area (Å²) >= 11 is 6.08. The van der Waals surface area contributed by atoms with E-state index in [1.165, 1.54) is 47.6 Å². The van der Waals surface area contributed by atoms with Crippen molar-refractivity contribution in [1.82, 2.24) is 4.31 Å². The van der Waals surface area contributed by atoms with Crippen molar-refractivity contribution in [3.63, 3.8) is 0 Å². The fourth-order valence-electron chi connectivity index (χ4n) is 2.61. The molecule has 1 unspecified atom stereocenters. The number of carbonyl (C=O) groups excluding carboxylic acids is 2. The molecule has 0 saturated heterocycles. The van der Waals surface area contributed by atoms with Gasteiger partial charge in [-0.05, 0) is 37.3 Å². The van der Waals surface area contributed by atoms with Crippen LogP contribution in [0.3, 0.4) is 0 Å². The molecule has 7 nitrogen and oxygen atoms in total. The van der Waals surface area contributed by atoms with Crippen molar-refractivity contribution < 1.29 is 27.1 Å². The van der Waals surface area contributed by atoms with Crippen molar-refractivity contribution in [3.05, 3.63) is 58.9 Å². The average molecular weight is 457 g/mol. The van der Waals surface area contributed by atoms with E-state index >= 15 is 0 Å². The number of esters is 1. The van der Waals surface area contributed by atoms with Crippen LogP contribution in [0, 0.1) is 5.82 Å². The van der Waals surface area contributed by atoms with Crippen LogP contribution in [-0.4, -0.2) is 43.8 Å². The van der Waals surface area contributed by atoms with Crippen molar-refractivity contribution in [2.45, 2.75) is 31.8 Å². The third-order valence-electron chi connectivity index (χ3n) is 4.29. The first-order valence-electron chi connectivity index (χ1n) is 9.17. The van der Waals surface area contributed by atoms with Gasteiger partial charge in [0, 0.05) is 13.1 Å². The Hall–Kier alpha value is -2.49. The zero-order valence-electron chi connectivity index (χ0n) is 16.7. The molecule has 0 saturated carbocycles. The molecular formula is C20H22ClFN2O5S. The van der Waals surface area contributed by atoms with Crippen LogP contribution in [0.4, 0.5) is 10.1 Å². The van der Waals surface area contributed by atoms with Crippen LogP contribution < -0.4 is 5.32 Å². The number of sulfonamides is 1. The first-order chi connectivity index (χ1) is 14.1. The molecule has 0 aliphatic heterocycles. The molecule has 1 N–H and O–H groups in total. The summed E-state index contributed by atoms with van der Waals surface area (Å²) in [7, 11) is -3.76. The van der Waals surface area contributed by atoms with Crippen LogP contribution in [0.5, 0.6) is 0 Å². The molecule has 0 aromatic heterocycles. The molecule has 0 spiro atoms. The minimum absolute atomic E-state index is 0.0399. The topological polar surface area (TPSA) is 92.8 Å². The van der Waals surface area contributed by atoms with E-state index in [0.29, 0.717) is 0 Å². The summed E-state index contributed by atoms with van der Waals surface area (Å²) in [6.45, 7) is 5.30. The molecule has 1 atom stereocenters. The van der Waals surface area contributed by atoms with E-state index in [-0.39, 0.29) is 34.3 Å². The van der Waals surface area contributed by atoms with Crippen molar-refractivity contribution in [2.24, 2.45) is 0 Å². The van der Waals surface area contributed by atoms with Gasteiger partial charge in [-0.2, -0.15) is 4.31 Å². The van der Waals surface area contributed by atoms with Gasteiger partial charge in [0.05, 0.1) is 21.2 Å². The smallest absolute Gasteiger partial charge is 0.341 e. The van der Waals surface area contributed by atoms with Gasteiger partial charge >= 0.3 is 5.97 Å². The summed E-state index contributed by atoms with van der Waals surface area (Å²) in [6, 6.07) is 9.15. The largest absolute Gasteiger partial charge is 0.449 e. The second-order valence-corrected chi connectivity index (χ2v) is 8.59. The number of rotatable bonds is 8. The van der Waals surface area contributed by atoms with Gasteiger partial charge in [-0.1, -0.05) is 37.6 Å². The Morgan fingerprint density at radius 3 is 2.40 bits per heavy atom. The molecule has 1 amide bonds. The maximum atomic E-state index is 13.7. The summed E-state index contributed by atoms with van der Waals surface area (Å²) in [5.74, 6) is -2.52. The first-order valence-corrected chi connectivity index (χ1v) is 11.0. The molecule has 2 aromatic carbocycles. The van der Waals surface area contributed by atoms with Crippen molar-refractivity contribution in [1.29, 1.82) is 0 Å². The van der Waals surface area contributed by atoms with Crippen molar-refractivity contribution in [3.8, 4) is 0 Å². The SMILES string of the molecule is CCN(CC)S(=O)(=O)c1ccc(Cl)c(NC(=O)C(C)OC(=O)c2ccccc2F)c1.